The molecule has 0 amide bonds. The summed E-state index contributed by atoms with van der Waals surface area (Å²) >= 11 is 0. The highest BCUT2D eigenvalue weighted by molar-refractivity contribution is 5.03. The maximum atomic E-state index is 9.22. The van der Waals surface area contributed by atoms with E-state index in [2.05, 4.69) is 28.4 Å². The average molecular weight is 249 g/mol. The smallest absolute Gasteiger partial charge is 0.147 e. The number of aryl methyl sites for hydroxylation is 3. The number of rotatable bonds is 7. The molecule has 1 heterocycles. The van der Waals surface area contributed by atoms with Crippen LogP contribution in [0.2, 0.25) is 0 Å². The molecule has 1 unspecified atom stereocenters. The van der Waals surface area contributed by atoms with Crippen LogP contribution in [0.15, 0.2) is 0 Å². The Morgan fingerprint density at radius 2 is 2.17 bits per heavy atom. The summed E-state index contributed by atoms with van der Waals surface area (Å²) in [6, 6.07) is 2.36. The molecule has 5 heteroatoms. The lowest BCUT2D eigenvalue weighted by Gasteiger charge is -2.22. The Hall–Kier alpha value is -1.41. The first kappa shape index (κ1) is 14.7. The molecule has 0 saturated heterocycles. The van der Waals surface area contributed by atoms with E-state index in [1.165, 1.54) is 0 Å². The van der Waals surface area contributed by atoms with Gasteiger partial charge in [-0.1, -0.05) is 6.92 Å². The molecule has 0 fully saturated rings. The van der Waals surface area contributed by atoms with Gasteiger partial charge in [0.25, 0.3) is 0 Å². The van der Waals surface area contributed by atoms with E-state index in [1.807, 2.05) is 25.5 Å². The van der Waals surface area contributed by atoms with Gasteiger partial charge in [-0.25, -0.2) is 4.98 Å². The van der Waals surface area contributed by atoms with Gasteiger partial charge < -0.3 is 0 Å². The molecule has 0 aromatic carbocycles. The number of nitrogens with one attached hydrogen (secondary N) is 1. The van der Waals surface area contributed by atoms with Crippen LogP contribution in [0.1, 0.15) is 44.8 Å². The summed E-state index contributed by atoms with van der Waals surface area (Å²) in [5.41, 5.74) is -0.431. The Labute approximate surface area is 109 Å². The van der Waals surface area contributed by atoms with Crippen molar-refractivity contribution in [1.82, 2.24) is 20.1 Å². The summed E-state index contributed by atoms with van der Waals surface area (Å²) in [4.78, 5) is 4.27. The summed E-state index contributed by atoms with van der Waals surface area (Å²) in [5.74, 6) is 1.74. The molecule has 0 radical (unpaired) electrons. The molecule has 1 N–H and O–H groups in total. The number of hydrogen-bond acceptors (Lipinski definition) is 4. The predicted octanol–water partition coefficient (Wildman–Crippen LogP) is 1.96. The van der Waals surface area contributed by atoms with Crippen LogP contribution in [0.3, 0.4) is 0 Å². The van der Waals surface area contributed by atoms with Gasteiger partial charge in [0.05, 0.1) is 6.07 Å². The van der Waals surface area contributed by atoms with E-state index in [0.29, 0.717) is 0 Å². The van der Waals surface area contributed by atoms with Crippen molar-refractivity contribution in [2.45, 2.75) is 59.0 Å². The Balaban J connectivity index is 2.45. The largest absolute Gasteiger partial charge is 0.300 e. The molecule has 0 bridgehead atoms. The van der Waals surface area contributed by atoms with Gasteiger partial charge in [0.2, 0.25) is 0 Å². The lowest BCUT2D eigenvalue weighted by Crippen LogP contribution is -2.41. The Morgan fingerprint density at radius 1 is 1.44 bits per heavy atom. The third kappa shape index (κ3) is 4.11. The van der Waals surface area contributed by atoms with Crippen LogP contribution >= 0.6 is 0 Å². The maximum absolute atomic E-state index is 9.22. The van der Waals surface area contributed by atoms with Crippen LogP contribution in [0.4, 0.5) is 0 Å². The summed E-state index contributed by atoms with van der Waals surface area (Å²) in [6.45, 7) is 9.61. The minimum Gasteiger partial charge on any atom is -0.300 e. The molecular weight excluding hydrogens is 226 g/mol. The standard InChI is InChI=1S/C13H23N5/c1-5-8-15-13(4,10-14)7-6-9-18-12(3)16-11(2)17-18/h15H,5-9H2,1-4H3. The van der Waals surface area contributed by atoms with Crippen molar-refractivity contribution in [2.75, 3.05) is 6.54 Å². The molecule has 18 heavy (non-hydrogen) atoms. The molecule has 0 aliphatic carbocycles. The molecule has 1 aromatic heterocycles. The van der Waals surface area contributed by atoms with Gasteiger partial charge >= 0.3 is 0 Å². The highest BCUT2D eigenvalue weighted by Crippen LogP contribution is 2.12. The van der Waals surface area contributed by atoms with Gasteiger partial charge in [-0.15, -0.1) is 0 Å². The number of hydrogen-bond donors (Lipinski definition) is 1. The van der Waals surface area contributed by atoms with Gasteiger partial charge in [-0.3, -0.25) is 10.00 Å². The first-order chi connectivity index (χ1) is 8.50. The van der Waals surface area contributed by atoms with E-state index in [0.717, 1.165) is 44.0 Å². The van der Waals surface area contributed by atoms with Crippen LogP contribution in [0.25, 0.3) is 0 Å². The number of nitriles is 1. The van der Waals surface area contributed by atoms with Crippen LogP contribution in [-0.4, -0.2) is 26.8 Å². The monoisotopic (exact) mass is 249 g/mol. The molecule has 0 saturated carbocycles. The minimum atomic E-state index is -0.431. The molecule has 0 aliphatic rings. The Morgan fingerprint density at radius 3 is 2.67 bits per heavy atom. The van der Waals surface area contributed by atoms with Crippen molar-refractivity contribution in [3.05, 3.63) is 11.6 Å². The van der Waals surface area contributed by atoms with Crippen LogP contribution < -0.4 is 5.32 Å². The summed E-state index contributed by atoms with van der Waals surface area (Å²) < 4.78 is 1.91. The van der Waals surface area contributed by atoms with E-state index < -0.39 is 5.54 Å². The van der Waals surface area contributed by atoms with E-state index >= 15 is 0 Å². The van der Waals surface area contributed by atoms with Gasteiger partial charge in [0.15, 0.2) is 0 Å². The summed E-state index contributed by atoms with van der Waals surface area (Å²) in [5, 5.41) is 16.8. The Bertz CT molecular complexity index is 418. The molecule has 0 spiro atoms. The van der Waals surface area contributed by atoms with Crippen molar-refractivity contribution in [2.24, 2.45) is 0 Å². The zero-order chi connectivity index (χ0) is 13.6. The normalized spacial score (nSPS) is 14.2. The van der Waals surface area contributed by atoms with E-state index in [1.54, 1.807) is 0 Å². The second-order valence-electron chi connectivity index (χ2n) is 4.90. The van der Waals surface area contributed by atoms with E-state index in [-0.39, 0.29) is 0 Å². The van der Waals surface area contributed by atoms with Crippen LogP contribution in [0, 0.1) is 25.2 Å². The third-order valence-corrected chi connectivity index (χ3v) is 3.02. The second-order valence-corrected chi connectivity index (χ2v) is 4.90. The summed E-state index contributed by atoms with van der Waals surface area (Å²) in [7, 11) is 0. The lowest BCUT2D eigenvalue weighted by atomic mass is 9.97. The second kappa shape index (κ2) is 6.50. The van der Waals surface area contributed by atoms with Crippen LogP contribution in [0.5, 0.6) is 0 Å². The topological polar surface area (TPSA) is 66.5 Å². The van der Waals surface area contributed by atoms with Crippen LogP contribution in [-0.2, 0) is 6.54 Å². The molecule has 1 aromatic rings. The van der Waals surface area contributed by atoms with Gasteiger partial charge in [0.1, 0.15) is 17.2 Å². The maximum Gasteiger partial charge on any atom is 0.147 e. The SMILES string of the molecule is CCCNC(C)(C#N)CCCn1nc(C)nc1C. The highest BCUT2D eigenvalue weighted by Gasteiger charge is 2.21. The average Bonchev–Trinajstić information content (AvgIpc) is 2.65. The van der Waals surface area contributed by atoms with Gasteiger partial charge in [-0.2, -0.15) is 10.4 Å². The van der Waals surface area contributed by atoms with Gasteiger partial charge in [0, 0.05) is 6.54 Å². The molecule has 0 aliphatic heterocycles. The summed E-state index contributed by atoms with van der Waals surface area (Å²) in [6.07, 6.45) is 2.78. The molecular formula is C13H23N5. The molecule has 100 valence electrons. The van der Waals surface area contributed by atoms with Crippen molar-refractivity contribution in [3.63, 3.8) is 0 Å². The Kier molecular flexibility index (Phi) is 5.29. The number of nitrogens with zero attached hydrogens (tertiary/aromatic N) is 4. The molecule has 1 rings (SSSR count). The fraction of sp³-hybridized carbons (Fsp3) is 0.769. The first-order valence-corrected chi connectivity index (χ1v) is 6.55. The molecule has 5 nitrogen and oxygen atoms in total. The molecule has 1 atom stereocenters. The van der Waals surface area contributed by atoms with E-state index in [9.17, 15) is 5.26 Å². The van der Waals surface area contributed by atoms with Gasteiger partial charge in [-0.05, 0) is 46.6 Å². The van der Waals surface area contributed by atoms with Crippen molar-refractivity contribution in [3.8, 4) is 6.07 Å². The highest BCUT2D eigenvalue weighted by atomic mass is 15.3. The number of aromatic nitrogens is 3. The fourth-order valence-electron chi connectivity index (χ4n) is 1.94. The van der Waals surface area contributed by atoms with Crippen molar-refractivity contribution < 1.29 is 0 Å². The van der Waals surface area contributed by atoms with Crippen molar-refractivity contribution >= 4 is 0 Å². The lowest BCUT2D eigenvalue weighted by molar-refractivity contribution is 0.387. The zero-order valence-electron chi connectivity index (χ0n) is 11.8. The van der Waals surface area contributed by atoms with Crippen molar-refractivity contribution in [1.29, 1.82) is 5.26 Å². The fourth-order valence-corrected chi connectivity index (χ4v) is 1.94. The predicted molar refractivity (Wildman–Crippen MR) is 71.0 cm³/mol. The zero-order valence-corrected chi connectivity index (χ0v) is 11.8. The minimum absolute atomic E-state index is 0.431. The first-order valence-electron chi connectivity index (χ1n) is 6.55. The quantitative estimate of drug-likeness (QED) is 0.802. The van der Waals surface area contributed by atoms with E-state index in [4.69, 9.17) is 0 Å². The third-order valence-electron chi connectivity index (χ3n) is 3.02.